The lowest BCUT2D eigenvalue weighted by atomic mass is 9.87. The summed E-state index contributed by atoms with van der Waals surface area (Å²) in [5, 5.41) is 11.3. The Bertz CT molecular complexity index is 296. The van der Waals surface area contributed by atoms with E-state index in [4.69, 9.17) is 0 Å². The monoisotopic (exact) mass is 222 g/mol. The second kappa shape index (κ2) is 5.43. The van der Waals surface area contributed by atoms with Crippen molar-refractivity contribution in [1.82, 2.24) is 20.1 Å². The van der Waals surface area contributed by atoms with Gasteiger partial charge in [0.25, 0.3) is 0 Å². The van der Waals surface area contributed by atoms with Gasteiger partial charge in [-0.3, -0.25) is 0 Å². The van der Waals surface area contributed by atoms with E-state index < -0.39 is 0 Å². The van der Waals surface area contributed by atoms with Crippen molar-refractivity contribution in [3.8, 4) is 0 Å². The van der Waals surface area contributed by atoms with Gasteiger partial charge in [0.1, 0.15) is 12.7 Å². The molecule has 0 spiro atoms. The molecular formula is C12H22N4. The van der Waals surface area contributed by atoms with Gasteiger partial charge in [0, 0.05) is 18.6 Å². The van der Waals surface area contributed by atoms with Crippen LogP contribution in [0.25, 0.3) is 0 Å². The van der Waals surface area contributed by atoms with Gasteiger partial charge >= 0.3 is 0 Å². The minimum absolute atomic E-state index is 0.492. The molecule has 1 saturated carbocycles. The summed E-state index contributed by atoms with van der Waals surface area (Å²) in [6.45, 7) is 5.55. The molecule has 0 radical (unpaired) electrons. The van der Waals surface area contributed by atoms with E-state index in [0.29, 0.717) is 12.1 Å². The predicted octanol–water partition coefficient (Wildman–Crippen LogP) is 1.83. The van der Waals surface area contributed by atoms with Crippen LogP contribution in [0.4, 0.5) is 0 Å². The third kappa shape index (κ3) is 3.30. The van der Waals surface area contributed by atoms with Crippen molar-refractivity contribution < 1.29 is 0 Å². The molecule has 0 amide bonds. The summed E-state index contributed by atoms with van der Waals surface area (Å²) in [6, 6.07) is 1.20. The highest BCUT2D eigenvalue weighted by molar-refractivity contribution is 4.79. The van der Waals surface area contributed by atoms with Crippen LogP contribution >= 0.6 is 0 Å². The fraction of sp³-hybridized carbons (Fsp3) is 0.833. The molecule has 1 N–H and O–H groups in total. The van der Waals surface area contributed by atoms with Crippen LogP contribution in [0.2, 0.25) is 0 Å². The molecule has 4 heteroatoms. The third-order valence-electron chi connectivity index (χ3n) is 3.41. The predicted molar refractivity (Wildman–Crippen MR) is 64.0 cm³/mol. The maximum Gasteiger partial charge on any atom is 0.119 e. The Labute approximate surface area is 97.5 Å². The molecule has 1 aliphatic rings. The van der Waals surface area contributed by atoms with Crippen molar-refractivity contribution in [2.75, 3.05) is 0 Å². The quantitative estimate of drug-likeness (QED) is 0.845. The molecule has 0 aliphatic heterocycles. The molecule has 1 fully saturated rings. The molecule has 0 bridgehead atoms. The lowest BCUT2D eigenvalue weighted by molar-refractivity contribution is 0.276. The third-order valence-corrected chi connectivity index (χ3v) is 3.41. The average molecular weight is 222 g/mol. The van der Waals surface area contributed by atoms with Gasteiger partial charge in [-0.25, -0.2) is 0 Å². The van der Waals surface area contributed by atoms with E-state index in [0.717, 1.165) is 12.5 Å². The van der Waals surface area contributed by atoms with Crippen LogP contribution in [0.5, 0.6) is 0 Å². The standard InChI is InChI=1S/C12H22N4/c1-10-4-3-5-12(6-10)15-11(2)7-16-8-13-14-9-16/h8-12,15H,3-7H2,1-2H3. The van der Waals surface area contributed by atoms with E-state index in [2.05, 4.69) is 29.4 Å². The second-order valence-electron chi connectivity index (χ2n) is 5.20. The first kappa shape index (κ1) is 11.6. The van der Waals surface area contributed by atoms with Gasteiger partial charge in [0.2, 0.25) is 0 Å². The molecule has 3 atom stereocenters. The SMILES string of the molecule is CC1CCCC(NC(C)Cn2cnnc2)C1. The lowest BCUT2D eigenvalue weighted by Crippen LogP contribution is -2.41. The molecular weight excluding hydrogens is 200 g/mol. The van der Waals surface area contributed by atoms with E-state index in [9.17, 15) is 0 Å². The summed E-state index contributed by atoms with van der Waals surface area (Å²) in [7, 11) is 0. The zero-order chi connectivity index (χ0) is 11.4. The van der Waals surface area contributed by atoms with Crippen molar-refractivity contribution in [2.45, 2.75) is 58.2 Å². The summed E-state index contributed by atoms with van der Waals surface area (Å²) < 4.78 is 2.03. The van der Waals surface area contributed by atoms with Crippen LogP contribution in [0, 0.1) is 5.92 Å². The van der Waals surface area contributed by atoms with Crippen molar-refractivity contribution >= 4 is 0 Å². The van der Waals surface area contributed by atoms with E-state index in [1.54, 1.807) is 12.7 Å². The molecule has 0 aromatic carbocycles. The largest absolute Gasteiger partial charge is 0.319 e. The van der Waals surface area contributed by atoms with Crippen molar-refractivity contribution in [3.05, 3.63) is 12.7 Å². The minimum atomic E-state index is 0.492. The van der Waals surface area contributed by atoms with Crippen LogP contribution in [-0.4, -0.2) is 26.8 Å². The average Bonchev–Trinajstić information content (AvgIpc) is 2.70. The Kier molecular flexibility index (Phi) is 3.93. The summed E-state index contributed by atoms with van der Waals surface area (Å²) in [5.41, 5.74) is 0. The first-order valence-corrected chi connectivity index (χ1v) is 6.32. The lowest BCUT2D eigenvalue weighted by Gasteiger charge is -2.30. The summed E-state index contributed by atoms with van der Waals surface area (Å²) in [5.74, 6) is 0.883. The number of rotatable bonds is 4. The highest BCUT2D eigenvalue weighted by Crippen LogP contribution is 2.23. The van der Waals surface area contributed by atoms with E-state index in [1.165, 1.54) is 25.7 Å². The summed E-state index contributed by atoms with van der Waals surface area (Å²) in [4.78, 5) is 0. The maximum absolute atomic E-state index is 3.82. The molecule has 1 aromatic heterocycles. The summed E-state index contributed by atoms with van der Waals surface area (Å²) in [6.07, 6.45) is 8.99. The molecule has 3 unspecified atom stereocenters. The van der Waals surface area contributed by atoms with Crippen LogP contribution < -0.4 is 5.32 Å². The van der Waals surface area contributed by atoms with Gasteiger partial charge in [-0.15, -0.1) is 10.2 Å². The summed E-state index contributed by atoms with van der Waals surface area (Å²) >= 11 is 0. The molecule has 1 aromatic rings. The Balaban J connectivity index is 1.76. The Hall–Kier alpha value is -0.900. The highest BCUT2D eigenvalue weighted by atomic mass is 15.2. The number of hydrogen-bond donors (Lipinski definition) is 1. The Morgan fingerprint density at radius 2 is 2.12 bits per heavy atom. The molecule has 0 saturated heterocycles. The van der Waals surface area contributed by atoms with Crippen LogP contribution in [0.3, 0.4) is 0 Å². The number of aromatic nitrogens is 3. The van der Waals surface area contributed by atoms with Crippen LogP contribution in [-0.2, 0) is 6.54 Å². The van der Waals surface area contributed by atoms with Crippen molar-refractivity contribution in [1.29, 1.82) is 0 Å². The van der Waals surface area contributed by atoms with Crippen molar-refractivity contribution in [3.63, 3.8) is 0 Å². The number of nitrogens with one attached hydrogen (secondary N) is 1. The molecule has 1 heterocycles. The first-order chi connectivity index (χ1) is 7.74. The fourth-order valence-electron chi connectivity index (χ4n) is 2.67. The van der Waals surface area contributed by atoms with E-state index >= 15 is 0 Å². The zero-order valence-electron chi connectivity index (χ0n) is 10.3. The number of nitrogens with zero attached hydrogens (tertiary/aromatic N) is 3. The maximum atomic E-state index is 3.82. The smallest absolute Gasteiger partial charge is 0.119 e. The molecule has 2 rings (SSSR count). The fourth-order valence-corrected chi connectivity index (χ4v) is 2.67. The topological polar surface area (TPSA) is 42.7 Å². The molecule has 90 valence electrons. The van der Waals surface area contributed by atoms with Gasteiger partial charge < -0.3 is 9.88 Å². The minimum Gasteiger partial charge on any atom is -0.319 e. The normalized spacial score (nSPS) is 27.9. The highest BCUT2D eigenvalue weighted by Gasteiger charge is 2.19. The van der Waals surface area contributed by atoms with Gasteiger partial charge in [-0.2, -0.15) is 0 Å². The number of hydrogen-bond acceptors (Lipinski definition) is 3. The Morgan fingerprint density at radius 1 is 1.38 bits per heavy atom. The van der Waals surface area contributed by atoms with Crippen LogP contribution in [0.15, 0.2) is 12.7 Å². The molecule has 1 aliphatic carbocycles. The van der Waals surface area contributed by atoms with E-state index in [-0.39, 0.29) is 0 Å². The zero-order valence-corrected chi connectivity index (χ0v) is 10.3. The van der Waals surface area contributed by atoms with Gasteiger partial charge in [0.15, 0.2) is 0 Å². The van der Waals surface area contributed by atoms with E-state index in [1.807, 2.05) is 4.57 Å². The van der Waals surface area contributed by atoms with Gasteiger partial charge in [-0.1, -0.05) is 19.8 Å². The second-order valence-corrected chi connectivity index (χ2v) is 5.20. The Morgan fingerprint density at radius 3 is 2.81 bits per heavy atom. The molecule has 4 nitrogen and oxygen atoms in total. The van der Waals surface area contributed by atoms with Gasteiger partial charge in [0.05, 0.1) is 0 Å². The van der Waals surface area contributed by atoms with Crippen LogP contribution in [0.1, 0.15) is 39.5 Å². The van der Waals surface area contributed by atoms with Crippen molar-refractivity contribution in [2.24, 2.45) is 5.92 Å². The molecule has 16 heavy (non-hydrogen) atoms. The van der Waals surface area contributed by atoms with Gasteiger partial charge in [-0.05, 0) is 25.7 Å². The first-order valence-electron chi connectivity index (χ1n) is 6.32.